The minimum atomic E-state index is -0.444. The van der Waals surface area contributed by atoms with Crippen LogP contribution in [0.25, 0.3) is 22.2 Å². The Hall–Kier alpha value is -3.46. The topological polar surface area (TPSA) is 92.3 Å². The lowest BCUT2D eigenvalue weighted by Crippen LogP contribution is -2.03. The number of non-ortho nitro benzene ring substituents is 1. The summed E-state index contributed by atoms with van der Waals surface area (Å²) < 4.78 is 13.4. The third-order valence-electron chi connectivity index (χ3n) is 5.23. The molecule has 0 N–H and O–H groups in total. The van der Waals surface area contributed by atoms with Crippen molar-refractivity contribution in [1.29, 1.82) is 0 Å². The van der Waals surface area contributed by atoms with Gasteiger partial charge in [-0.2, -0.15) is 0 Å². The smallest absolute Gasteiger partial charge is 0.270 e. The van der Waals surface area contributed by atoms with Crippen molar-refractivity contribution < 1.29 is 14.4 Å². The van der Waals surface area contributed by atoms with E-state index in [-0.39, 0.29) is 17.6 Å². The van der Waals surface area contributed by atoms with Gasteiger partial charge < -0.3 is 14.0 Å². The summed E-state index contributed by atoms with van der Waals surface area (Å²) in [7, 11) is 0. The van der Waals surface area contributed by atoms with Crippen molar-refractivity contribution in [3.8, 4) is 17.0 Å². The predicted octanol–water partition coefficient (Wildman–Crippen LogP) is 6.05. The number of alkyl halides is 1. The number of nitro benzene ring substituents is 1. The van der Waals surface area contributed by atoms with Crippen LogP contribution < -0.4 is 4.74 Å². The second kappa shape index (κ2) is 11.8. The molecule has 0 aliphatic heterocycles. The lowest BCUT2D eigenvalue weighted by Gasteiger charge is -2.10. The zero-order valence-corrected chi connectivity index (χ0v) is 20.2. The van der Waals surface area contributed by atoms with Crippen molar-refractivity contribution >= 4 is 39.8 Å². The summed E-state index contributed by atoms with van der Waals surface area (Å²) in [5.74, 6) is 0.849. The first-order valence-electron chi connectivity index (χ1n) is 10.8. The fourth-order valence-electron chi connectivity index (χ4n) is 3.57. The molecule has 4 rings (SSSR count). The quantitative estimate of drug-likeness (QED) is 0.0606. The van der Waals surface area contributed by atoms with Crippen LogP contribution in [0.4, 0.5) is 5.69 Å². The van der Waals surface area contributed by atoms with E-state index >= 15 is 0 Å². The van der Waals surface area contributed by atoms with Crippen molar-refractivity contribution in [3.05, 3.63) is 94.0 Å². The number of nitrogens with zero attached hydrogens (tertiary/aromatic N) is 4. The van der Waals surface area contributed by atoms with E-state index in [0.29, 0.717) is 37.0 Å². The van der Waals surface area contributed by atoms with E-state index in [1.54, 1.807) is 12.3 Å². The van der Waals surface area contributed by atoms with E-state index in [4.69, 9.17) is 32.7 Å². The molecular formula is C25H22Cl2N4O4. The van der Waals surface area contributed by atoms with Crippen molar-refractivity contribution in [2.24, 2.45) is 0 Å². The van der Waals surface area contributed by atoms with Gasteiger partial charge in [0.15, 0.2) is 0 Å². The highest BCUT2D eigenvalue weighted by molar-refractivity contribution is 6.28. The first-order chi connectivity index (χ1) is 17.0. The van der Waals surface area contributed by atoms with Gasteiger partial charge in [0.1, 0.15) is 12.4 Å². The molecule has 180 valence electrons. The Kier molecular flexibility index (Phi) is 8.31. The van der Waals surface area contributed by atoms with E-state index in [9.17, 15) is 10.1 Å². The molecule has 0 aliphatic carbocycles. The number of halogens is 2. The molecule has 0 spiro atoms. The van der Waals surface area contributed by atoms with Crippen LogP contribution in [0.5, 0.6) is 5.75 Å². The van der Waals surface area contributed by atoms with Gasteiger partial charge in [-0.3, -0.25) is 10.1 Å². The van der Waals surface area contributed by atoms with Crippen LogP contribution in [0.3, 0.4) is 0 Å². The summed E-state index contributed by atoms with van der Waals surface area (Å²) in [6.07, 6.45) is 7.58. The van der Waals surface area contributed by atoms with Crippen molar-refractivity contribution in [2.45, 2.75) is 13.2 Å². The lowest BCUT2D eigenvalue weighted by molar-refractivity contribution is -0.385. The van der Waals surface area contributed by atoms with Gasteiger partial charge in [0.2, 0.25) is 5.28 Å². The maximum atomic E-state index is 11.1. The number of hydrogen-bond donors (Lipinski definition) is 0. The van der Waals surface area contributed by atoms with Crippen LogP contribution in [0.15, 0.2) is 73.1 Å². The van der Waals surface area contributed by atoms with Gasteiger partial charge in [-0.25, -0.2) is 9.97 Å². The molecular weight excluding hydrogens is 491 g/mol. The zero-order valence-electron chi connectivity index (χ0n) is 18.6. The highest BCUT2D eigenvalue weighted by Gasteiger charge is 2.12. The molecule has 0 fully saturated rings. The zero-order chi connectivity index (χ0) is 24.6. The fraction of sp³-hybridized carbons (Fsp3) is 0.200. The van der Waals surface area contributed by atoms with Crippen LogP contribution >= 0.6 is 23.2 Å². The molecule has 8 nitrogen and oxygen atoms in total. The average Bonchev–Trinajstić information content (AvgIpc) is 3.27. The molecule has 10 heteroatoms. The largest absolute Gasteiger partial charge is 0.492 e. The summed E-state index contributed by atoms with van der Waals surface area (Å²) in [4.78, 5) is 18.9. The summed E-state index contributed by atoms with van der Waals surface area (Å²) in [5.41, 5.74) is 3.38. The minimum Gasteiger partial charge on any atom is -0.492 e. The molecule has 0 aliphatic rings. The van der Waals surface area contributed by atoms with E-state index in [2.05, 4.69) is 26.7 Å². The standard InChI is InChI=1S/C25H22Cl2N4O4/c26-9-14-35-24-6-5-21(31(32)33)15-20(24)17-34-13-2-1-11-30-12-8-18-3-4-19(16-23(18)30)22-7-10-28-25(27)29-22/h1-8,10,12,15-16H,9,11,13-14,17H2. The lowest BCUT2D eigenvalue weighted by atomic mass is 10.1. The third-order valence-corrected chi connectivity index (χ3v) is 5.56. The Balaban J connectivity index is 1.37. The van der Waals surface area contributed by atoms with Crippen LogP contribution in [-0.2, 0) is 17.9 Å². The van der Waals surface area contributed by atoms with E-state index in [1.807, 2.05) is 36.5 Å². The first kappa shape index (κ1) is 24.7. The SMILES string of the molecule is O=[N+]([O-])c1ccc(OCCCl)c(COCC=CCn2ccc3ccc(-c4ccnc(Cl)n4)cc32)c1. The average molecular weight is 513 g/mol. The number of aromatic nitrogens is 3. The van der Waals surface area contributed by atoms with Crippen LogP contribution in [0.1, 0.15) is 5.56 Å². The first-order valence-corrected chi connectivity index (χ1v) is 11.7. The van der Waals surface area contributed by atoms with Crippen LogP contribution in [-0.4, -0.2) is 38.6 Å². The van der Waals surface area contributed by atoms with Crippen molar-refractivity contribution in [1.82, 2.24) is 14.5 Å². The number of allylic oxidation sites excluding steroid dienone is 1. The molecule has 2 aromatic carbocycles. The van der Waals surface area contributed by atoms with Gasteiger partial charge in [-0.05, 0) is 41.3 Å². The molecule has 0 saturated heterocycles. The highest BCUT2D eigenvalue weighted by Crippen LogP contribution is 2.26. The number of benzene rings is 2. The molecule has 35 heavy (non-hydrogen) atoms. The van der Waals surface area contributed by atoms with E-state index < -0.39 is 4.92 Å². The van der Waals surface area contributed by atoms with Gasteiger partial charge in [0.05, 0.1) is 29.7 Å². The summed E-state index contributed by atoms with van der Waals surface area (Å²) in [5, 5.41) is 12.4. The molecule has 0 amide bonds. The maximum Gasteiger partial charge on any atom is 0.270 e. The van der Waals surface area contributed by atoms with Gasteiger partial charge in [0, 0.05) is 47.7 Å². The summed E-state index contributed by atoms with van der Waals surface area (Å²) in [6, 6.07) is 14.4. The number of rotatable bonds is 11. The molecule has 0 saturated carbocycles. The second-order valence-electron chi connectivity index (χ2n) is 7.53. The number of hydrogen-bond acceptors (Lipinski definition) is 6. The van der Waals surface area contributed by atoms with Crippen LogP contribution in [0.2, 0.25) is 5.28 Å². The summed E-state index contributed by atoms with van der Waals surface area (Å²) >= 11 is 11.6. The summed E-state index contributed by atoms with van der Waals surface area (Å²) in [6.45, 7) is 1.49. The molecule has 0 bridgehead atoms. The fourth-order valence-corrected chi connectivity index (χ4v) is 3.80. The van der Waals surface area contributed by atoms with Gasteiger partial charge in [-0.1, -0.05) is 24.3 Å². The molecule has 4 aromatic rings. The predicted molar refractivity (Wildman–Crippen MR) is 136 cm³/mol. The van der Waals surface area contributed by atoms with Crippen molar-refractivity contribution in [3.63, 3.8) is 0 Å². The normalized spacial score (nSPS) is 11.4. The number of nitro groups is 1. The molecule has 0 radical (unpaired) electrons. The minimum absolute atomic E-state index is 0.0135. The number of ether oxygens (including phenoxy) is 2. The second-order valence-corrected chi connectivity index (χ2v) is 8.24. The Labute approximate surface area is 211 Å². The van der Waals surface area contributed by atoms with Gasteiger partial charge in [0.25, 0.3) is 5.69 Å². The maximum absolute atomic E-state index is 11.1. The Bertz CT molecular complexity index is 1360. The third kappa shape index (κ3) is 6.36. The molecule has 0 unspecified atom stereocenters. The molecule has 0 atom stereocenters. The Morgan fingerprint density at radius 2 is 2.00 bits per heavy atom. The van der Waals surface area contributed by atoms with Crippen molar-refractivity contribution in [2.75, 3.05) is 19.1 Å². The highest BCUT2D eigenvalue weighted by atomic mass is 35.5. The molecule has 2 aromatic heterocycles. The Morgan fingerprint density at radius 3 is 2.80 bits per heavy atom. The van der Waals surface area contributed by atoms with E-state index in [0.717, 1.165) is 22.2 Å². The van der Waals surface area contributed by atoms with Crippen LogP contribution in [0, 0.1) is 10.1 Å². The Morgan fingerprint density at radius 1 is 1.11 bits per heavy atom. The van der Waals surface area contributed by atoms with Gasteiger partial charge in [-0.15, -0.1) is 11.6 Å². The van der Waals surface area contributed by atoms with E-state index in [1.165, 1.54) is 12.1 Å². The number of fused-ring (bicyclic) bond motifs is 1. The van der Waals surface area contributed by atoms with Gasteiger partial charge >= 0.3 is 0 Å². The monoisotopic (exact) mass is 512 g/mol. The molecule has 2 heterocycles.